The first-order valence-electron chi connectivity index (χ1n) is 4.59. The minimum absolute atomic E-state index is 0.0120. The number of pyridine rings is 1. The number of rotatable bonds is 2. The van der Waals surface area contributed by atoms with E-state index in [1.165, 1.54) is 6.07 Å². The van der Waals surface area contributed by atoms with Crippen LogP contribution in [0.5, 0.6) is 0 Å². The second-order valence-corrected chi connectivity index (χ2v) is 3.44. The average molecular weight is 195 g/mol. The zero-order valence-electron chi connectivity index (χ0n) is 8.08. The lowest BCUT2D eigenvalue weighted by Gasteiger charge is -2.25. The highest BCUT2D eigenvalue weighted by Crippen LogP contribution is 2.31. The smallest absolute Gasteiger partial charge is 0.181 e. The van der Waals surface area contributed by atoms with E-state index in [4.69, 9.17) is 9.47 Å². The molecule has 0 aromatic carbocycles. The van der Waals surface area contributed by atoms with Crippen molar-refractivity contribution in [2.45, 2.75) is 12.0 Å². The van der Waals surface area contributed by atoms with E-state index in [0.717, 1.165) is 12.1 Å². The number of hydrogen-bond donors (Lipinski definition) is 1. The van der Waals surface area contributed by atoms with Gasteiger partial charge in [0.2, 0.25) is 0 Å². The third kappa shape index (κ3) is 1.47. The highest BCUT2D eigenvalue weighted by atomic mass is 16.5. The standard InChI is InChI=1S/C10H13NO3/c1-13-10(3-5-14-7-10)9-6-8(12)2-4-11-9/h2,4,6H,3,5,7H2,1H3,(H,11,12). The molecule has 0 spiro atoms. The number of hydrogen-bond acceptors (Lipinski definition) is 3. The van der Waals surface area contributed by atoms with Crippen LogP contribution >= 0.6 is 0 Å². The molecule has 1 aliphatic heterocycles. The highest BCUT2D eigenvalue weighted by Gasteiger charge is 2.37. The molecule has 1 aromatic rings. The summed E-state index contributed by atoms with van der Waals surface area (Å²) in [6.45, 7) is 1.17. The number of aromatic nitrogens is 1. The lowest BCUT2D eigenvalue weighted by atomic mass is 9.98. The Bertz CT molecular complexity index is 366. The Labute approximate surface area is 81.9 Å². The van der Waals surface area contributed by atoms with E-state index >= 15 is 0 Å². The molecule has 1 fully saturated rings. The predicted octanol–water partition coefficient (Wildman–Crippen LogP) is 0.637. The van der Waals surface area contributed by atoms with Gasteiger partial charge in [-0.15, -0.1) is 0 Å². The lowest BCUT2D eigenvalue weighted by Crippen LogP contribution is -2.31. The van der Waals surface area contributed by atoms with Gasteiger partial charge in [-0.25, -0.2) is 0 Å². The Morgan fingerprint density at radius 2 is 2.50 bits per heavy atom. The fraction of sp³-hybridized carbons (Fsp3) is 0.500. The molecule has 1 N–H and O–H groups in total. The number of aromatic amines is 1. The third-order valence-corrected chi connectivity index (χ3v) is 2.64. The van der Waals surface area contributed by atoms with E-state index in [-0.39, 0.29) is 5.43 Å². The molecule has 0 amide bonds. The summed E-state index contributed by atoms with van der Waals surface area (Å²) in [6, 6.07) is 3.06. The van der Waals surface area contributed by atoms with Crippen LogP contribution in [-0.4, -0.2) is 25.3 Å². The minimum atomic E-state index is -0.458. The maximum absolute atomic E-state index is 11.2. The summed E-state index contributed by atoms with van der Waals surface area (Å²) in [5.74, 6) is 0. The molecule has 4 heteroatoms. The van der Waals surface area contributed by atoms with Crippen molar-refractivity contribution in [1.29, 1.82) is 0 Å². The van der Waals surface area contributed by atoms with E-state index in [0.29, 0.717) is 13.2 Å². The number of methoxy groups -OCH3 is 1. The largest absolute Gasteiger partial charge is 0.378 e. The molecule has 2 heterocycles. The van der Waals surface area contributed by atoms with Gasteiger partial charge in [-0.2, -0.15) is 0 Å². The second kappa shape index (κ2) is 3.55. The SMILES string of the molecule is COC1(c2cc(=O)cc[nH]2)CCOC1. The predicted molar refractivity (Wildman–Crippen MR) is 51.2 cm³/mol. The lowest BCUT2D eigenvalue weighted by molar-refractivity contribution is -0.0246. The normalized spacial score (nSPS) is 26.6. The molecule has 2 rings (SSSR count). The summed E-state index contributed by atoms with van der Waals surface area (Å²) in [5.41, 5.74) is 0.326. The molecule has 1 saturated heterocycles. The van der Waals surface area contributed by atoms with Crippen molar-refractivity contribution in [2.24, 2.45) is 0 Å². The van der Waals surface area contributed by atoms with Gasteiger partial charge in [0.1, 0.15) is 5.60 Å². The Morgan fingerprint density at radius 3 is 3.07 bits per heavy atom. The number of nitrogens with one attached hydrogen (secondary N) is 1. The van der Waals surface area contributed by atoms with Crippen molar-refractivity contribution in [1.82, 2.24) is 4.98 Å². The van der Waals surface area contributed by atoms with Gasteiger partial charge >= 0.3 is 0 Å². The number of H-pyrrole nitrogens is 1. The van der Waals surface area contributed by atoms with Gasteiger partial charge in [0.25, 0.3) is 0 Å². The first kappa shape index (κ1) is 9.43. The van der Waals surface area contributed by atoms with Gasteiger partial charge in [0.15, 0.2) is 5.43 Å². The molecule has 1 aliphatic rings. The van der Waals surface area contributed by atoms with Gasteiger partial charge in [0, 0.05) is 38.5 Å². The molecular weight excluding hydrogens is 182 g/mol. The van der Waals surface area contributed by atoms with Gasteiger partial charge in [-0.1, -0.05) is 0 Å². The van der Waals surface area contributed by atoms with E-state index < -0.39 is 5.60 Å². The average Bonchev–Trinajstić information content (AvgIpc) is 2.67. The van der Waals surface area contributed by atoms with Crippen molar-refractivity contribution in [2.75, 3.05) is 20.3 Å². The summed E-state index contributed by atoms with van der Waals surface area (Å²) in [7, 11) is 1.64. The van der Waals surface area contributed by atoms with Crippen molar-refractivity contribution >= 4 is 0 Å². The monoisotopic (exact) mass is 195 g/mol. The Kier molecular flexibility index (Phi) is 2.39. The summed E-state index contributed by atoms with van der Waals surface area (Å²) in [6.07, 6.45) is 2.42. The van der Waals surface area contributed by atoms with Gasteiger partial charge in [-0.05, 0) is 0 Å². The molecule has 4 nitrogen and oxygen atoms in total. The Hall–Kier alpha value is -1.13. The van der Waals surface area contributed by atoms with Crippen LogP contribution in [0.4, 0.5) is 0 Å². The van der Waals surface area contributed by atoms with Crippen molar-refractivity contribution in [3.63, 3.8) is 0 Å². The van der Waals surface area contributed by atoms with Gasteiger partial charge in [-0.3, -0.25) is 4.79 Å². The molecule has 1 atom stereocenters. The van der Waals surface area contributed by atoms with E-state index in [1.807, 2.05) is 0 Å². The highest BCUT2D eigenvalue weighted by molar-refractivity contribution is 5.15. The first-order valence-corrected chi connectivity index (χ1v) is 4.59. The fourth-order valence-electron chi connectivity index (χ4n) is 1.74. The van der Waals surface area contributed by atoms with Gasteiger partial charge in [0.05, 0.1) is 12.3 Å². The van der Waals surface area contributed by atoms with Crippen LogP contribution in [0.25, 0.3) is 0 Å². The summed E-state index contributed by atoms with van der Waals surface area (Å²) < 4.78 is 10.7. The summed E-state index contributed by atoms with van der Waals surface area (Å²) in [5, 5.41) is 0. The quantitative estimate of drug-likeness (QED) is 0.753. The summed E-state index contributed by atoms with van der Waals surface area (Å²) in [4.78, 5) is 14.2. The minimum Gasteiger partial charge on any atom is -0.378 e. The maximum atomic E-state index is 11.2. The molecule has 0 saturated carbocycles. The van der Waals surface area contributed by atoms with Gasteiger partial charge < -0.3 is 14.5 Å². The number of ether oxygens (including phenoxy) is 2. The molecule has 76 valence electrons. The van der Waals surface area contributed by atoms with Crippen molar-refractivity contribution in [3.05, 3.63) is 34.2 Å². The van der Waals surface area contributed by atoms with Crippen LogP contribution in [0.3, 0.4) is 0 Å². The maximum Gasteiger partial charge on any atom is 0.181 e. The zero-order chi connectivity index (χ0) is 10.0. The van der Waals surface area contributed by atoms with Crippen LogP contribution in [-0.2, 0) is 15.1 Å². The zero-order valence-corrected chi connectivity index (χ0v) is 8.08. The van der Waals surface area contributed by atoms with Crippen LogP contribution in [0.15, 0.2) is 23.1 Å². The van der Waals surface area contributed by atoms with Crippen LogP contribution in [0.1, 0.15) is 12.1 Å². The molecule has 0 bridgehead atoms. The molecule has 0 radical (unpaired) electrons. The molecule has 0 aliphatic carbocycles. The van der Waals surface area contributed by atoms with E-state index in [1.54, 1.807) is 19.4 Å². The second-order valence-electron chi connectivity index (χ2n) is 3.44. The van der Waals surface area contributed by atoms with E-state index in [9.17, 15) is 4.79 Å². The molecule has 1 unspecified atom stereocenters. The topological polar surface area (TPSA) is 51.3 Å². The van der Waals surface area contributed by atoms with Crippen LogP contribution < -0.4 is 5.43 Å². The van der Waals surface area contributed by atoms with Crippen molar-refractivity contribution in [3.8, 4) is 0 Å². The molecule has 1 aromatic heterocycles. The first-order chi connectivity index (χ1) is 6.77. The fourth-order valence-corrected chi connectivity index (χ4v) is 1.74. The van der Waals surface area contributed by atoms with Crippen molar-refractivity contribution < 1.29 is 9.47 Å². The molecule has 14 heavy (non-hydrogen) atoms. The molecular formula is C10H13NO3. The van der Waals surface area contributed by atoms with E-state index in [2.05, 4.69) is 4.98 Å². The third-order valence-electron chi connectivity index (χ3n) is 2.64. The summed E-state index contributed by atoms with van der Waals surface area (Å²) >= 11 is 0. The Morgan fingerprint density at radius 1 is 1.64 bits per heavy atom. The van der Waals surface area contributed by atoms with Crippen LogP contribution in [0, 0.1) is 0 Å². The van der Waals surface area contributed by atoms with Crippen LogP contribution in [0.2, 0.25) is 0 Å². The Balaban J connectivity index is 2.40.